The smallest absolute Gasteiger partial charge is 0.240 e. The number of carbonyl (C=O) groups excluding carboxylic acids is 1. The number of nitrogens with zero attached hydrogens (tertiary/aromatic N) is 1. The summed E-state index contributed by atoms with van der Waals surface area (Å²) >= 11 is 0. The van der Waals surface area contributed by atoms with Gasteiger partial charge in [0.15, 0.2) is 0 Å². The number of benzene rings is 2. The van der Waals surface area contributed by atoms with Gasteiger partial charge in [0.05, 0.1) is 19.1 Å². The lowest BCUT2D eigenvalue weighted by molar-refractivity contribution is -0.120. The van der Waals surface area contributed by atoms with E-state index in [0.29, 0.717) is 11.4 Å². The first-order chi connectivity index (χ1) is 13.2. The molecular weight excluding hydrogens is 376 g/mol. The Labute approximate surface area is 167 Å². The van der Waals surface area contributed by atoms with Gasteiger partial charge in [-0.05, 0) is 49.9 Å². The number of amides is 1. The Morgan fingerprint density at radius 2 is 1.86 bits per heavy atom. The molecule has 0 bridgehead atoms. The number of aryl methyl sites for hydroxylation is 2. The van der Waals surface area contributed by atoms with Crippen LogP contribution in [0.5, 0.6) is 5.75 Å². The fraction of sp³-hybridized carbons (Fsp3) is 0.381. The van der Waals surface area contributed by atoms with Crippen LogP contribution in [0.25, 0.3) is 0 Å². The highest BCUT2D eigenvalue weighted by Gasteiger charge is 2.24. The molecule has 7 heteroatoms. The first-order valence-corrected chi connectivity index (χ1v) is 11.0. The van der Waals surface area contributed by atoms with Gasteiger partial charge in [0.1, 0.15) is 12.3 Å². The molecule has 1 amide bonds. The van der Waals surface area contributed by atoms with Crippen LogP contribution >= 0.6 is 0 Å². The van der Waals surface area contributed by atoms with Crippen molar-refractivity contribution >= 4 is 21.6 Å². The molecule has 0 aromatic heterocycles. The normalized spacial score (nSPS) is 12.3. The monoisotopic (exact) mass is 404 g/mol. The summed E-state index contributed by atoms with van der Waals surface area (Å²) in [5, 5.41) is 2.89. The lowest BCUT2D eigenvalue weighted by atomic mass is 10.1. The van der Waals surface area contributed by atoms with Gasteiger partial charge in [0, 0.05) is 6.04 Å². The molecule has 0 fully saturated rings. The van der Waals surface area contributed by atoms with E-state index in [1.807, 2.05) is 50.2 Å². The maximum absolute atomic E-state index is 12.5. The third kappa shape index (κ3) is 6.27. The number of anilines is 1. The highest BCUT2D eigenvalue weighted by Crippen LogP contribution is 2.30. The van der Waals surface area contributed by atoms with Crippen LogP contribution in [0.2, 0.25) is 0 Å². The van der Waals surface area contributed by atoms with Gasteiger partial charge in [0.25, 0.3) is 0 Å². The van der Waals surface area contributed by atoms with E-state index < -0.39 is 10.0 Å². The standard InChI is InChI=1S/C21H28N2O4S/c1-16-10-13-20(27-3)19(14-16)23(28(4,25)26)15-21(24)22-17(2)11-12-18-8-6-5-7-9-18/h5-10,13-14,17H,11-12,15H2,1-4H3,(H,22,24)/t17-/m1/s1. The van der Waals surface area contributed by atoms with Gasteiger partial charge in [-0.3, -0.25) is 9.10 Å². The topological polar surface area (TPSA) is 75.7 Å². The molecule has 0 aliphatic rings. The second-order valence-electron chi connectivity index (χ2n) is 6.94. The zero-order valence-corrected chi connectivity index (χ0v) is 17.6. The molecule has 1 N–H and O–H groups in total. The van der Waals surface area contributed by atoms with Crippen LogP contribution in [-0.4, -0.2) is 40.3 Å². The Morgan fingerprint density at radius 1 is 1.18 bits per heavy atom. The van der Waals surface area contributed by atoms with Crippen LogP contribution in [0.3, 0.4) is 0 Å². The zero-order valence-electron chi connectivity index (χ0n) is 16.8. The Balaban J connectivity index is 2.06. The van der Waals surface area contributed by atoms with E-state index >= 15 is 0 Å². The van der Waals surface area contributed by atoms with E-state index in [9.17, 15) is 13.2 Å². The van der Waals surface area contributed by atoms with Crippen LogP contribution in [0, 0.1) is 6.92 Å². The SMILES string of the molecule is COc1ccc(C)cc1N(CC(=O)N[C@H](C)CCc1ccccc1)S(C)(=O)=O. The van der Waals surface area contributed by atoms with Crippen LogP contribution in [0.1, 0.15) is 24.5 Å². The van der Waals surface area contributed by atoms with E-state index in [2.05, 4.69) is 5.32 Å². The second-order valence-corrected chi connectivity index (χ2v) is 8.84. The maximum Gasteiger partial charge on any atom is 0.240 e. The first kappa shape index (κ1) is 21.8. The Bertz CT molecular complexity index is 898. The van der Waals surface area contributed by atoms with Gasteiger partial charge < -0.3 is 10.1 Å². The fourth-order valence-corrected chi connectivity index (χ4v) is 3.78. The van der Waals surface area contributed by atoms with Crippen molar-refractivity contribution in [2.45, 2.75) is 32.7 Å². The summed E-state index contributed by atoms with van der Waals surface area (Å²) in [5.74, 6) is 0.0514. The molecule has 2 aromatic carbocycles. The van der Waals surface area contributed by atoms with Crippen molar-refractivity contribution in [2.24, 2.45) is 0 Å². The number of rotatable bonds is 9. The molecule has 28 heavy (non-hydrogen) atoms. The predicted molar refractivity (Wildman–Crippen MR) is 112 cm³/mol. The van der Waals surface area contributed by atoms with Crippen molar-refractivity contribution in [1.29, 1.82) is 0 Å². The van der Waals surface area contributed by atoms with E-state index in [4.69, 9.17) is 4.74 Å². The largest absolute Gasteiger partial charge is 0.495 e. The fourth-order valence-electron chi connectivity index (χ4n) is 2.93. The third-order valence-corrected chi connectivity index (χ3v) is 5.53. The number of hydrogen-bond acceptors (Lipinski definition) is 4. The Hall–Kier alpha value is -2.54. The zero-order chi connectivity index (χ0) is 20.7. The van der Waals surface area contributed by atoms with Crippen molar-refractivity contribution in [3.63, 3.8) is 0 Å². The number of carbonyl (C=O) groups is 1. The highest BCUT2D eigenvalue weighted by molar-refractivity contribution is 7.92. The highest BCUT2D eigenvalue weighted by atomic mass is 32.2. The van der Waals surface area contributed by atoms with Crippen molar-refractivity contribution < 1.29 is 17.9 Å². The van der Waals surface area contributed by atoms with Crippen molar-refractivity contribution in [3.8, 4) is 5.75 Å². The molecule has 6 nitrogen and oxygen atoms in total. The molecule has 1 atom stereocenters. The molecule has 0 aliphatic carbocycles. The summed E-state index contributed by atoms with van der Waals surface area (Å²) in [5.41, 5.74) is 2.43. The van der Waals surface area contributed by atoms with Crippen molar-refractivity contribution in [1.82, 2.24) is 5.32 Å². The quantitative estimate of drug-likeness (QED) is 0.697. The van der Waals surface area contributed by atoms with Crippen LogP contribution in [0.4, 0.5) is 5.69 Å². The minimum absolute atomic E-state index is 0.0754. The summed E-state index contributed by atoms with van der Waals surface area (Å²) in [6, 6.07) is 15.2. The van der Waals surface area contributed by atoms with Crippen molar-refractivity contribution in [2.75, 3.05) is 24.2 Å². The number of sulfonamides is 1. The average molecular weight is 405 g/mol. The lowest BCUT2D eigenvalue weighted by Gasteiger charge is -2.25. The van der Waals surface area contributed by atoms with Gasteiger partial charge in [-0.15, -0.1) is 0 Å². The number of methoxy groups -OCH3 is 1. The molecule has 152 valence electrons. The van der Waals surface area contributed by atoms with Gasteiger partial charge in [-0.2, -0.15) is 0 Å². The van der Waals surface area contributed by atoms with Crippen molar-refractivity contribution in [3.05, 3.63) is 59.7 Å². The summed E-state index contributed by atoms with van der Waals surface area (Å²) in [6.07, 6.45) is 2.69. The van der Waals surface area contributed by atoms with Crippen LogP contribution in [-0.2, 0) is 21.2 Å². The Kier molecular flexibility index (Phi) is 7.45. The third-order valence-electron chi connectivity index (χ3n) is 4.41. The molecular formula is C21H28N2O4S. The summed E-state index contributed by atoms with van der Waals surface area (Å²) in [6.45, 7) is 3.47. The summed E-state index contributed by atoms with van der Waals surface area (Å²) in [7, 11) is -2.19. The minimum atomic E-state index is -3.66. The molecule has 0 aliphatic heterocycles. The predicted octanol–water partition coefficient (Wildman–Crippen LogP) is 2.91. The van der Waals surface area contributed by atoms with Gasteiger partial charge in [-0.1, -0.05) is 36.4 Å². The maximum atomic E-state index is 12.5. The molecule has 0 saturated carbocycles. The minimum Gasteiger partial charge on any atom is -0.495 e. The van der Waals surface area contributed by atoms with E-state index in [0.717, 1.165) is 29.0 Å². The number of hydrogen-bond donors (Lipinski definition) is 1. The van der Waals surface area contributed by atoms with Gasteiger partial charge >= 0.3 is 0 Å². The summed E-state index contributed by atoms with van der Waals surface area (Å²) < 4.78 is 31.0. The molecule has 0 spiro atoms. The molecule has 0 radical (unpaired) electrons. The van der Waals surface area contributed by atoms with E-state index in [1.54, 1.807) is 12.1 Å². The number of nitrogens with one attached hydrogen (secondary N) is 1. The first-order valence-electron chi connectivity index (χ1n) is 9.16. The lowest BCUT2D eigenvalue weighted by Crippen LogP contribution is -2.43. The molecule has 0 heterocycles. The Morgan fingerprint density at radius 3 is 2.46 bits per heavy atom. The van der Waals surface area contributed by atoms with Gasteiger partial charge in [0.2, 0.25) is 15.9 Å². The summed E-state index contributed by atoms with van der Waals surface area (Å²) in [4.78, 5) is 12.5. The van der Waals surface area contributed by atoms with Crippen LogP contribution < -0.4 is 14.4 Å². The number of ether oxygens (including phenoxy) is 1. The second kappa shape index (κ2) is 9.59. The molecule has 2 rings (SSSR count). The van der Waals surface area contributed by atoms with Crippen LogP contribution in [0.15, 0.2) is 48.5 Å². The van der Waals surface area contributed by atoms with E-state index in [1.165, 1.54) is 12.7 Å². The molecule has 2 aromatic rings. The average Bonchev–Trinajstić information content (AvgIpc) is 2.64. The molecule has 0 unspecified atom stereocenters. The molecule has 0 saturated heterocycles. The van der Waals surface area contributed by atoms with Gasteiger partial charge in [-0.25, -0.2) is 8.42 Å². The van der Waals surface area contributed by atoms with E-state index in [-0.39, 0.29) is 18.5 Å².